The molecule has 36 heavy (non-hydrogen) atoms. The molecule has 0 aliphatic carbocycles. The van der Waals surface area contributed by atoms with Crippen LogP contribution in [0.5, 0.6) is 17.2 Å². The second kappa shape index (κ2) is 9.91. The Hall–Kier alpha value is -4.03. The Labute approximate surface area is 210 Å². The van der Waals surface area contributed by atoms with Gasteiger partial charge >= 0.3 is 5.69 Å². The summed E-state index contributed by atoms with van der Waals surface area (Å²) in [6.07, 6.45) is 1.45. The molecule has 186 valence electrons. The maximum absolute atomic E-state index is 13.2. The van der Waals surface area contributed by atoms with Gasteiger partial charge in [-0.05, 0) is 48.0 Å². The standard InChI is InChI=1S/C24H20N2O8S2/c1-33-20-4-3-5-21(34-2)16(20)13-36(31,32)15-7-9-22-17(12-15)25-24(28)23(35-22)11-14-6-8-19(27)18(10-14)26(29)30/h3-12,27H,13H2,1-2H3,(H,25,28)/b23-11+. The number of phenols is 1. The number of hydrogen-bond acceptors (Lipinski definition) is 9. The minimum absolute atomic E-state index is 0.0108. The third-order valence-corrected chi connectivity index (χ3v) is 8.10. The molecule has 0 saturated heterocycles. The first-order valence-corrected chi connectivity index (χ1v) is 12.8. The topological polar surface area (TPSA) is 145 Å². The van der Waals surface area contributed by atoms with Crippen LogP contribution in [0.4, 0.5) is 11.4 Å². The molecule has 10 nitrogen and oxygen atoms in total. The Kier molecular flexibility index (Phi) is 6.91. The Morgan fingerprint density at radius 3 is 2.42 bits per heavy atom. The maximum Gasteiger partial charge on any atom is 0.311 e. The molecule has 3 aromatic rings. The number of anilines is 1. The third kappa shape index (κ3) is 4.99. The summed E-state index contributed by atoms with van der Waals surface area (Å²) in [6.45, 7) is 0. The van der Waals surface area contributed by atoms with E-state index in [1.807, 2.05) is 0 Å². The maximum atomic E-state index is 13.2. The van der Waals surface area contributed by atoms with Crippen LogP contribution in [0, 0.1) is 10.1 Å². The van der Waals surface area contributed by atoms with Crippen LogP contribution in [0.2, 0.25) is 0 Å². The molecule has 0 aromatic heterocycles. The van der Waals surface area contributed by atoms with E-state index in [2.05, 4.69) is 5.32 Å². The first-order valence-electron chi connectivity index (χ1n) is 10.4. The van der Waals surface area contributed by atoms with Crippen LogP contribution in [0.3, 0.4) is 0 Å². The molecule has 0 atom stereocenters. The molecule has 0 radical (unpaired) electrons. The largest absolute Gasteiger partial charge is 0.502 e. The lowest BCUT2D eigenvalue weighted by molar-refractivity contribution is -0.385. The lowest BCUT2D eigenvalue weighted by atomic mass is 10.1. The highest BCUT2D eigenvalue weighted by Crippen LogP contribution is 2.41. The molecule has 1 aliphatic heterocycles. The van der Waals surface area contributed by atoms with Crippen molar-refractivity contribution >= 4 is 45.0 Å². The number of nitrogens with one attached hydrogen (secondary N) is 1. The summed E-state index contributed by atoms with van der Waals surface area (Å²) in [5, 5.41) is 23.4. The molecule has 0 fully saturated rings. The zero-order valence-electron chi connectivity index (χ0n) is 19.0. The van der Waals surface area contributed by atoms with Crippen molar-refractivity contribution in [2.75, 3.05) is 19.5 Å². The number of thioether (sulfide) groups is 1. The fourth-order valence-corrected chi connectivity index (χ4v) is 5.94. The highest BCUT2D eigenvalue weighted by molar-refractivity contribution is 8.04. The number of phenolic OH excluding ortho intramolecular Hbond substituents is 1. The molecule has 4 rings (SSSR count). The van der Waals surface area contributed by atoms with Gasteiger partial charge in [-0.3, -0.25) is 14.9 Å². The molecular weight excluding hydrogens is 508 g/mol. The molecule has 12 heteroatoms. The van der Waals surface area contributed by atoms with Crippen LogP contribution in [0.25, 0.3) is 6.08 Å². The van der Waals surface area contributed by atoms with E-state index in [1.165, 1.54) is 44.6 Å². The molecular formula is C24H20N2O8S2. The molecule has 1 amide bonds. The number of nitrogens with zero attached hydrogens (tertiary/aromatic N) is 1. The van der Waals surface area contributed by atoms with Gasteiger partial charge in [0, 0.05) is 11.0 Å². The summed E-state index contributed by atoms with van der Waals surface area (Å²) in [4.78, 5) is 23.9. The SMILES string of the molecule is COc1cccc(OC)c1CS(=O)(=O)c1ccc2c(c1)NC(=O)/C(=C\c1ccc(O)c([N+](=O)[O-])c1)S2. The number of carbonyl (C=O) groups is 1. The molecule has 3 aromatic carbocycles. The van der Waals surface area contributed by atoms with E-state index in [4.69, 9.17) is 9.47 Å². The van der Waals surface area contributed by atoms with Gasteiger partial charge in [-0.25, -0.2) is 8.42 Å². The number of nitro benzene ring substituents is 1. The predicted molar refractivity (Wildman–Crippen MR) is 134 cm³/mol. The van der Waals surface area contributed by atoms with E-state index in [-0.39, 0.29) is 15.6 Å². The lowest BCUT2D eigenvalue weighted by Crippen LogP contribution is -2.18. The van der Waals surface area contributed by atoms with Crippen molar-refractivity contribution in [1.82, 2.24) is 0 Å². The number of nitro groups is 1. The molecule has 2 N–H and O–H groups in total. The van der Waals surface area contributed by atoms with E-state index in [1.54, 1.807) is 24.3 Å². The third-order valence-electron chi connectivity index (χ3n) is 5.36. The molecule has 1 aliphatic rings. The van der Waals surface area contributed by atoms with Gasteiger partial charge in [0.05, 0.1) is 45.9 Å². The van der Waals surface area contributed by atoms with Gasteiger partial charge in [0.2, 0.25) is 0 Å². The first-order chi connectivity index (χ1) is 17.1. The summed E-state index contributed by atoms with van der Waals surface area (Å²) in [7, 11) is -0.946. The van der Waals surface area contributed by atoms with Gasteiger partial charge in [0.25, 0.3) is 5.91 Å². The molecule has 0 saturated carbocycles. The van der Waals surface area contributed by atoms with Crippen molar-refractivity contribution in [3.8, 4) is 17.2 Å². The average Bonchev–Trinajstić information content (AvgIpc) is 2.85. The van der Waals surface area contributed by atoms with Crippen molar-refractivity contribution in [3.63, 3.8) is 0 Å². The number of ether oxygens (including phenoxy) is 2. The second-order valence-corrected chi connectivity index (χ2v) is 10.7. The summed E-state index contributed by atoms with van der Waals surface area (Å²) < 4.78 is 37.0. The zero-order valence-corrected chi connectivity index (χ0v) is 20.7. The monoisotopic (exact) mass is 528 g/mol. The van der Waals surface area contributed by atoms with Gasteiger partial charge in [-0.2, -0.15) is 0 Å². The summed E-state index contributed by atoms with van der Waals surface area (Å²) in [5.74, 6) is -0.588. The van der Waals surface area contributed by atoms with E-state index >= 15 is 0 Å². The minimum Gasteiger partial charge on any atom is -0.502 e. The molecule has 0 bridgehead atoms. The van der Waals surface area contributed by atoms with E-state index < -0.39 is 32.1 Å². The fourth-order valence-electron chi connectivity index (χ4n) is 3.60. The number of amides is 1. The number of sulfone groups is 1. The number of methoxy groups -OCH3 is 2. The number of fused-ring (bicyclic) bond motifs is 1. The van der Waals surface area contributed by atoms with E-state index in [0.29, 0.717) is 33.2 Å². The van der Waals surface area contributed by atoms with Crippen LogP contribution < -0.4 is 14.8 Å². The van der Waals surface area contributed by atoms with Crippen molar-refractivity contribution in [2.45, 2.75) is 15.5 Å². The smallest absolute Gasteiger partial charge is 0.311 e. The van der Waals surface area contributed by atoms with Crippen molar-refractivity contribution in [3.05, 3.63) is 80.7 Å². The normalized spacial score (nSPS) is 14.2. The number of rotatable bonds is 7. The summed E-state index contributed by atoms with van der Waals surface area (Å²) >= 11 is 1.10. The molecule has 1 heterocycles. The van der Waals surface area contributed by atoms with Crippen molar-refractivity contribution < 1.29 is 32.7 Å². The number of benzene rings is 3. The van der Waals surface area contributed by atoms with Gasteiger partial charge in [-0.15, -0.1) is 0 Å². The number of aromatic hydroxyl groups is 1. The Morgan fingerprint density at radius 2 is 1.78 bits per heavy atom. The lowest BCUT2D eigenvalue weighted by Gasteiger charge is -2.20. The average molecular weight is 529 g/mol. The Morgan fingerprint density at radius 1 is 1.08 bits per heavy atom. The first kappa shape index (κ1) is 25.1. The minimum atomic E-state index is -3.83. The Bertz CT molecular complexity index is 1490. The van der Waals surface area contributed by atoms with Crippen LogP contribution in [-0.4, -0.2) is 38.6 Å². The van der Waals surface area contributed by atoms with Crippen molar-refractivity contribution in [2.24, 2.45) is 0 Å². The van der Waals surface area contributed by atoms with E-state index in [0.717, 1.165) is 17.8 Å². The van der Waals surface area contributed by atoms with Crippen LogP contribution in [0.15, 0.2) is 69.3 Å². The second-order valence-electron chi connectivity index (χ2n) is 7.63. The number of carbonyl (C=O) groups excluding carboxylic acids is 1. The molecule has 0 unspecified atom stereocenters. The van der Waals surface area contributed by atoms with Gasteiger partial charge < -0.3 is 19.9 Å². The van der Waals surface area contributed by atoms with Crippen LogP contribution >= 0.6 is 11.8 Å². The predicted octanol–water partition coefficient (Wildman–Crippen LogP) is 4.38. The zero-order chi connectivity index (χ0) is 26.0. The number of hydrogen-bond donors (Lipinski definition) is 2. The van der Waals surface area contributed by atoms with Gasteiger partial charge in [-0.1, -0.05) is 23.9 Å². The summed E-state index contributed by atoms with van der Waals surface area (Å²) in [5.41, 5.74) is 0.580. The Balaban J connectivity index is 1.63. The molecule has 0 spiro atoms. The van der Waals surface area contributed by atoms with E-state index in [9.17, 15) is 28.4 Å². The highest BCUT2D eigenvalue weighted by Gasteiger charge is 2.26. The highest BCUT2D eigenvalue weighted by atomic mass is 32.2. The van der Waals surface area contributed by atoms with Gasteiger partial charge in [0.15, 0.2) is 15.6 Å². The van der Waals surface area contributed by atoms with Crippen LogP contribution in [-0.2, 0) is 20.4 Å². The van der Waals surface area contributed by atoms with Crippen LogP contribution in [0.1, 0.15) is 11.1 Å². The quantitative estimate of drug-likeness (QED) is 0.259. The van der Waals surface area contributed by atoms with Gasteiger partial charge in [0.1, 0.15) is 11.5 Å². The summed E-state index contributed by atoms with van der Waals surface area (Å²) in [6, 6.07) is 13.2. The van der Waals surface area contributed by atoms with Crippen molar-refractivity contribution in [1.29, 1.82) is 0 Å². The fraction of sp³-hybridized carbons (Fsp3) is 0.125.